The van der Waals surface area contributed by atoms with Crippen LogP contribution < -0.4 is 15.5 Å². The summed E-state index contributed by atoms with van der Waals surface area (Å²) in [7, 11) is 3.95. The largest absolute Gasteiger partial charge is 0.378 e. The minimum atomic E-state index is -0.777. The van der Waals surface area contributed by atoms with Gasteiger partial charge < -0.3 is 15.5 Å². The van der Waals surface area contributed by atoms with Gasteiger partial charge in [0.2, 0.25) is 5.91 Å². The monoisotopic (exact) mass is 387 g/mol. The fraction of sp³-hybridized carbons (Fsp3) is 0.167. The van der Waals surface area contributed by atoms with Crippen LogP contribution in [-0.2, 0) is 11.3 Å². The van der Waals surface area contributed by atoms with Gasteiger partial charge in [-0.25, -0.2) is 0 Å². The highest BCUT2D eigenvalue weighted by molar-refractivity contribution is 5.97. The second-order valence-corrected chi connectivity index (χ2v) is 6.97. The molecule has 0 aromatic heterocycles. The van der Waals surface area contributed by atoms with Crippen molar-refractivity contribution in [3.63, 3.8) is 0 Å². The summed E-state index contributed by atoms with van der Waals surface area (Å²) in [4.78, 5) is 27.6. The Bertz CT molecular complexity index is 956. The van der Waals surface area contributed by atoms with Crippen LogP contribution in [0.1, 0.15) is 27.5 Å². The van der Waals surface area contributed by atoms with E-state index in [9.17, 15) is 9.59 Å². The Labute approximate surface area is 171 Å². The lowest BCUT2D eigenvalue weighted by atomic mass is 10.0. The summed E-state index contributed by atoms with van der Waals surface area (Å²) in [6, 6.07) is 25.3. The topological polar surface area (TPSA) is 61.4 Å². The number of benzene rings is 3. The number of nitrogens with zero attached hydrogens (tertiary/aromatic N) is 1. The Morgan fingerprint density at radius 2 is 1.52 bits per heavy atom. The van der Waals surface area contributed by atoms with Crippen molar-refractivity contribution in [1.29, 1.82) is 0 Å². The van der Waals surface area contributed by atoms with Crippen LogP contribution in [0, 0.1) is 0 Å². The van der Waals surface area contributed by atoms with Crippen molar-refractivity contribution in [3.05, 3.63) is 102 Å². The third-order valence-electron chi connectivity index (χ3n) is 4.60. The van der Waals surface area contributed by atoms with Gasteiger partial charge >= 0.3 is 0 Å². The number of hydrogen-bond acceptors (Lipinski definition) is 3. The third-order valence-corrected chi connectivity index (χ3v) is 4.60. The van der Waals surface area contributed by atoms with E-state index in [0.29, 0.717) is 12.1 Å². The van der Waals surface area contributed by atoms with Gasteiger partial charge in [0.05, 0.1) is 0 Å². The van der Waals surface area contributed by atoms with Crippen LogP contribution in [0.25, 0.3) is 0 Å². The first-order chi connectivity index (χ1) is 14.0. The SMILES string of the molecule is CN(C)c1cccc(CNC(=O)C(NC(=O)c2ccccc2)c2ccccc2)c1. The van der Waals surface area contributed by atoms with Gasteiger partial charge in [-0.3, -0.25) is 9.59 Å². The van der Waals surface area contributed by atoms with E-state index in [2.05, 4.69) is 10.6 Å². The Kier molecular flexibility index (Phi) is 6.63. The van der Waals surface area contributed by atoms with Gasteiger partial charge in [-0.05, 0) is 35.4 Å². The molecule has 0 saturated heterocycles. The maximum absolute atomic E-state index is 13.0. The molecule has 0 aliphatic carbocycles. The van der Waals surface area contributed by atoms with E-state index in [-0.39, 0.29) is 11.8 Å². The predicted octanol–water partition coefficient (Wildman–Crippen LogP) is 3.54. The van der Waals surface area contributed by atoms with E-state index in [1.807, 2.05) is 79.7 Å². The summed E-state index contributed by atoms with van der Waals surface area (Å²) in [5.41, 5.74) is 3.30. The summed E-state index contributed by atoms with van der Waals surface area (Å²) in [6.07, 6.45) is 0. The number of rotatable bonds is 7. The van der Waals surface area contributed by atoms with E-state index in [0.717, 1.165) is 16.8 Å². The Morgan fingerprint density at radius 3 is 2.17 bits per heavy atom. The first-order valence-corrected chi connectivity index (χ1v) is 9.49. The molecule has 1 unspecified atom stereocenters. The van der Waals surface area contributed by atoms with Crippen molar-refractivity contribution in [2.75, 3.05) is 19.0 Å². The molecule has 0 radical (unpaired) electrons. The molecule has 2 amide bonds. The molecule has 3 aromatic carbocycles. The van der Waals surface area contributed by atoms with Gasteiger partial charge in [-0.2, -0.15) is 0 Å². The zero-order valence-electron chi connectivity index (χ0n) is 16.6. The fourth-order valence-electron chi connectivity index (χ4n) is 2.99. The van der Waals surface area contributed by atoms with Crippen molar-refractivity contribution in [3.8, 4) is 0 Å². The van der Waals surface area contributed by atoms with E-state index in [1.54, 1.807) is 24.3 Å². The van der Waals surface area contributed by atoms with Crippen LogP contribution in [0.5, 0.6) is 0 Å². The molecule has 0 bridgehead atoms. The molecule has 3 aromatic rings. The predicted molar refractivity (Wildman–Crippen MR) is 116 cm³/mol. The van der Waals surface area contributed by atoms with Crippen molar-refractivity contribution in [2.45, 2.75) is 12.6 Å². The summed E-state index contributed by atoms with van der Waals surface area (Å²) in [5, 5.41) is 5.80. The van der Waals surface area contributed by atoms with E-state index < -0.39 is 6.04 Å². The fourth-order valence-corrected chi connectivity index (χ4v) is 2.99. The zero-order chi connectivity index (χ0) is 20.6. The molecule has 0 fully saturated rings. The average molecular weight is 387 g/mol. The maximum Gasteiger partial charge on any atom is 0.252 e. The van der Waals surface area contributed by atoms with Crippen LogP contribution in [0.4, 0.5) is 5.69 Å². The summed E-state index contributed by atoms with van der Waals surface area (Å²) < 4.78 is 0. The average Bonchev–Trinajstić information content (AvgIpc) is 2.77. The maximum atomic E-state index is 13.0. The van der Waals surface area contributed by atoms with Gasteiger partial charge in [-0.1, -0.05) is 60.7 Å². The van der Waals surface area contributed by atoms with Crippen LogP contribution in [0.15, 0.2) is 84.9 Å². The number of anilines is 1. The standard InChI is InChI=1S/C24H25N3O2/c1-27(2)21-15-9-10-18(16-21)17-25-24(29)22(19-11-5-3-6-12-19)26-23(28)20-13-7-4-8-14-20/h3-16,22H,17H2,1-2H3,(H,25,29)(H,26,28). The first kappa shape index (κ1) is 20.1. The van der Waals surface area contributed by atoms with Gasteiger partial charge in [0.25, 0.3) is 5.91 Å². The molecule has 0 heterocycles. The molecule has 148 valence electrons. The minimum absolute atomic E-state index is 0.254. The molecule has 2 N–H and O–H groups in total. The molecule has 5 nitrogen and oxygen atoms in total. The smallest absolute Gasteiger partial charge is 0.252 e. The van der Waals surface area contributed by atoms with Crippen LogP contribution in [-0.4, -0.2) is 25.9 Å². The third kappa shape index (κ3) is 5.45. The lowest BCUT2D eigenvalue weighted by Gasteiger charge is -2.19. The molecule has 3 rings (SSSR count). The van der Waals surface area contributed by atoms with Gasteiger partial charge in [0.1, 0.15) is 6.04 Å². The molecular formula is C24H25N3O2. The lowest BCUT2D eigenvalue weighted by Crippen LogP contribution is -2.40. The lowest BCUT2D eigenvalue weighted by molar-refractivity contribution is -0.123. The second-order valence-electron chi connectivity index (χ2n) is 6.97. The Balaban J connectivity index is 1.74. The van der Waals surface area contributed by atoms with E-state index >= 15 is 0 Å². The van der Waals surface area contributed by atoms with E-state index in [1.165, 1.54) is 0 Å². The molecular weight excluding hydrogens is 362 g/mol. The number of carbonyl (C=O) groups excluding carboxylic acids is 2. The number of amides is 2. The summed E-state index contributed by atoms with van der Waals surface area (Å²) in [6.45, 7) is 0.380. The summed E-state index contributed by atoms with van der Waals surface area (Å²) >= 11 is 0. The highest BCUT2D eigenvalue weighted by atomic mass is 16.2. The van der Waals surface area contributed by atoms with Crippen molar-refractivity contribution in [2.24, 2.45) is 0 Å². The van der Waals surface area contributed by atoms with Crippen molar-refractivity contribution < 1.29 is 9.59 Å². The molecule has 1 atom stereocenters. The number of hydrogen-bond donors (Lipinski definition) is 2. The van der Waals surface area contributed by atoms with Gasteiger partial charge in [0.15, 0.2) is 0 Å². The second kappa shape index (κ2) is 9.55. The minimum Gasteiger partial charge on any atom is -0.378 e. The van der Waals surface area contributed by atoms with Crippen LogP contribution in [0.3, 0.4) is 0 Å². The Morgan fingerprint density at radius 1 is 0.862 bits per heavy atom. The highest BCUT2D eigenvalue weighted by Crippen LogP contribution is 2.16. The Hall–Kier alpha value is -3.60. The zero-order valence-corrected chi connectivity index (χ0v) is 16.6. The van der Waals surface area contributed by atoms with Crippen molar-refractivity contribution >= 4 is 17.5 Å². The summed E-state index contributed by atoms with van der Waals surface area (Å²) in [5.74, 6) is -0.542. The van der Waals surface area contributed by atoms with Crippen LogP contribution >= 0.6 is 0 Å². The van der Waals surface area contributed by atoms with Gasteiger partial charge in [0, 0.05) is 31.9 Å². The highest BCUT2D eigenvalue weighted by Gasteiger charge is 2.23. The van der Waals surface area contributed by atoms with Gasteiger partial charge in [-0.15, -0.1) is 0 Å². The van der Waals surface area contributed by atoms with Crippen LogP contribution in [0.2, 0.25) is 0 Å². The first-order valence-electron chi connectivity index (χ1n) is 9.49. The molecule has 0 spiro atoms. The molecule has 0 aliphatic rings. The number of nitrogens with one attached hydrogen (secondary N) is 2. The quantitative estimate of drug-likeness (QED) is 0.652. The van der Waals surface area contributed by atoms with Crippen molar-refractivity contribution in [1.82, 2.24) is 10.6 Å². The van der Waals surface area contributed by atoms with E-state index in [4.69, 9.17) is 0 Å². The molecule has 5 heteroatoms. The number of carbonyl (C=O) groups is 2. The molecule has 0 aliphatic heterocycles. The normalized spacial score (nSPS) is 11.4. The molecule has 29 heavy (non-hydrogen) atoms. The molecule has 0 saturated carbocycles.